The van der Waals surface area contributed by atoms with Crippen LogP contribution in [0.5, 0.6) is 0 Å². The van der Waals surface area contributed by atoms with E-state index in [0.717, 1.165) is 17.1 Å². The molecule has 0 unspecified atom stereocenters. The first-order chi connectivity index (χ1) is 25.8. The predicted octanol–water partition coefficient (Wildman–Crippen LogP) is 13.5. The average Bonchev–Trinajstić information content (AvgIpc) is 3.54. The Kier molecular flexibility index (Phi) is 7.11. The fraction of sp³-hybridized carbons (Fsp3) is 0.0196. The van der Waals surface area contributed by atoms with Crippen molar-refractivity contribution in [2.24, 2.45) is 0 Å². The normalized spacial score (nSPS) is 12.8. The Balaban J connectivity index is 1.38. The molecule has 0 saturated carbocycles. The van der Waals surface area contributed by atoms with E-state index in [0.29, 0.717) is 0 Å². The van der Waals surface area contributed by atoms with Crippen LogP contribution in [-0.2, 0) is 5.41 Å². The van der Waals surface area contributed by atoms with E-state index in [1.54, 1.807) is 0 Å². The fourth-order valence-corrected chi connectivity index (χ4v) is 8.75. The van der Waals surface area contributed by atoms with Crippen LogP contribution in [0.4, 0.5) is 17.1 Å². The number of hydrogen-bond donors (Lipinski definition) is 0. The molecule has 52 heavy (non-hydrogen) atoms. The summed E-state index contributed by atoms with van der Waals surface area (Å²) in [5.41, 5.74) is 13.0. The molecule has 244 valence electrons. The van der Waals surface area contributed by atoms with Crippen molar-refractivity contribution in [1.29, 1.82) is 0 Å². The molecule has 1 nitrogen and oxygen atoms in total. The van der Waals surface area contributed by atoms with Crippen molar-refractivity contribution in [3.63, 3.8) is 0 Å². The highest BCUT2D eigenvalue weighted by molar-refractivity contribution is 6.10. The molecule has 0 heterocycles. The Labute approximate surface area is 304 Å². The number of benzene rings is 9. The zero-order valence-corrected chi connectivity index (χ0v) is 28.7. The van der Waals surface area contributed by atoms with Crippen LogP contribution in [0.2, 0.25) is 0 Å². The largest absolute Gasteiger partial charge is 0.310 e. The van der Waals surface area contributed by atoms with Crippen LogP contribution in [0.1, 0.15) is 22.3 Å². The van der Waals surface area contributed by atoms with Gasteiger partial charge in [0.2, 0.25) is 0 Å². The molecule has 0 saturated heterocycles. The van der Waals surface area contributed by atoms with E-state index in [-0.39, 0.29) is 0 Å². The van der Waals surface area contributed by atoms with Gasteiger partial charge in [-0.15, -0.1) is 0 Å². The molecule has 9 aromatic carbocycles. The molecule has 0 aromatic heterocycles. The predicted molar refractivity (Wildman–Crippen MR) is 219 cm³/mol. The second-order valence-electron chi connectivity index (χ2n) is 13.6. The molecular formula is C51H35N. The quantitative estimate of drug-likeness (QED) is 0.171. The lowest BCUT2D eigenvalue weighted by atomic mass is 9.66. The minimum Gasteiger partial charge on any atom is -0.310 e. The van der Waals surface area contributed by atoms with E-state index < -0.39 is 5.41 Å². The van der Waals surface area contributed by atoms with Crippen LogP contribution in [-0.4, -0.2) is 0 Å². The van der Waals surface area contributed by atoms with Gasteiger partial charge in [-0.1, -0.05) is 182 Å². The molecule has 1 aliphatic carbocycles. The second kappa shape index (κ2) is 12.3. The van der Waals surface area contributed by atoms with Gasteiger partial charge >= 0.3 is 0 Å². The zero-order valence-electron chi connectivity index (χ0n) is 28.7. The van der Waals surface area contributed by atoms with Crippen LogP contribution in [0, 0.1) is 0 Å². The molecule has 9 aromatic rings. The van der Waals surface area contributed by atoms with Gasteiger partial charge in [-0.25, -0.2) is 0 Å². The minimum absolute atomic E-state index is 0.545. The maximum atomic E-state index is 2.48. The van der Waals surface area contributed by atoms with Crippen LogP contribution in [0.15, 0.2) is 212 Å². The Hall–Kier alpha value is -6.70. The van der Waals surface area contributed by atoms with E-state index in [1.807, 2.05) is 0 Å². The van der Waals surface area contributed by atoms with Gasteiger partial charge in [0.1, 0.15) is 0 Å². The van der Waals surface area contributed by atoms with Crippen molar-refractivity contribution in [3.8, 4) is 22.3 Å². The lowest BCUT2D eigenvalue weighted by Gasteiger charge is -2.35. The molecule has 10 rings (SSSR count). The average molecular weight is 662 g/mol. The number of rotatable bonds is 6. The smallest absolute Gasteiger partial charge is 0.0719 e. The molecule has 1 heteroatoms. The van der Waals surface area contributed by atoms with Crippen molar-refractivity contribution in [1.82, 2.24) is 0 Å². The summed E-state index contributed by atoms with van der Waals surface area (Å²) in [6, 6.07) is 77.9. The van der Waals surface area contributed by atoms with Gasteiger partial charge < -0.3 is 4.90 Å². The topological polar surface area (TPSA) is 3.24 Å². The first-order valence-corrected chi connectivity index (χ1v) is 18.0. The van der Waals surface area contributed by atoms with Gasteiger partial charge in [0.05, 0.1) is 11.1 Å². The van der Waals surface area contributed by atoms with Gasteiger partial charge in [-0.05, 0) is 91.0 Å². The van der Waals surface area contributed by atoms with E-state index in [2.05, 4.69) is 217 Å². The molecule has 0 N–H and O–H groups in total. The number of hydrogen-bond acceptors (Lipinski definition) is 1. The summed E-state index contributed by atoms with van der Waals surface area (Å²) in [5.74, 6) is 0. The lowest BCUT2D eigenvalue weighted by Crippen LogP contribution is -2.29. The second-order valence-corrected chi connectivity index (χ2v) is 13.6. The van der Waals surface area contributed by atoms with E-state index in [9.17, 15) is 0 Å². The first kappa shape index (κ1) is 30.2. The lowest BCUT2D eigenvalue weighted by molar-refractivity contribution is 0.775. The molecule has 0 radical (unpaired) electrons. The van der Waals surface area contributed by atoms with Gasteiger partial charge in [-0.3, -0.25) is 0 Å². The van der Waals surface area contributed by atoms with Crippen LogP contribution in [0.3, 0.4) is 0 Å². The third-order valence-electron chi connectivity index (χ3n) is 10.9. The summed E-state index contributed by atoms with van der Waals surface area (Å²) in [4.78, 5) is 2.45. The molecule has 0 fully saturated rings. The SMILES string of the molecule is c1ccc(-c2cccc3c2-c2cc(N(c4ccccc4)c4ccc5ccccc5c4)c4ccccc4c2C3(c2ccccc2)c2ccccc2)cc1. The van der Waals surface area contributed by atoms with Gasteiger partial charge in [-0.2, -0.15) is 0 Å². The molecule has 1 aliphatic rings. The summed E-state index contributed by atoms with van der Waals surface area (Å²) in [6.07, 6.45) is 0. The van der Waals surface area contributed by atoms with Gasteiger partial charge in [0, 0.05) is 16.8 Å². The Morgan fingerprint density at radius 1 is 0.365 bits per heavy atom. The highest BCUT2D eigenvalue weighted by Gasteiger charge is 2.48. The highest BCUT2D eigenvalue weighted by Crippen LogP contribution is 2.61. The van der Waals surface area contributed by atoms with Crippen LogP contribution in [0.25, 0.3) is 43.8 Å². The molecule has 0 amide bonds. The van der Waals surface area contributed by atoms with Crippen molar-refractivity contribution in [3.05, 3.63) is 235 Å². The van der Waals surface area contributed by atoms with Crippen LogP contribution >= 0.6 is 0 Å². The maximum Gasteiger partial charge on any atom is 0.0719 e. The summed E-state index contributed by atoms with van der Waals surface area (Å²) >= 11 is 0. The van der Waals surface area contributed by atoms with Crippen LogP contribution < -0.4 is 4.90 Å². The number of nitrogens with zero attached hydrogens (tertiary/aromatic N) is 1. The maximum absolute atomic E-state index is 2.48. The summed E-state index contributed by atoms with van der Waals surface area (Å²) < 4.78 is 0. The van der Waals surface area contributed by atoms with Crippen molar-refractivity contribution < 1.29 is 0 Å². The molecule has 0 spiro atoms. The van der Waals surface area contributed by atoms with Crippen molar-refractivity contribution in [2.75, 3.05) is 4.90 Å². The standard InChI is InChI=1S/C51H35N/c1-5-19-37(20-6-1)43-30-17-31-47-49(43)46-35-48(52(41-26-11-4-12-27-41)42-33-32-36-18-13-14-21-38(36)34-42)44-28-15-16-29-45(44)50(46)51(47,39-22-7-2-8-23-39)40-24-9-3-10-25-40/h1-35H. The monoisotopic (exact) mass is 661 g/mol. The minimum atomic E-state index is -0.545. The number of fused-ring (bicyclic) bond motifs is 6. The van der Waals surface area contributed by atoms with Crippen molar-refractivity contribution >= 4 is 38.6 Å². The number of para-hydroxylation sites is 1. The highest BCUT2D eigenvalue weighted by atomic mass is 15.1. The van der Waals surface area contributed by atoms with Gasteiger partial charge in [0.25, 0.3) is 0 Å². The molecule has 0 bridgehead atoms. The Morgan fingerprint density at radius 3 is 1.63 bits per heavy atom. The third kappa shape index (κ3) is 4.56. The van der Waals surface area contributed by atoms with E-state index in [1.165, 1.54) is 66.1 Å². The fourth-order valence-electron chi connectivity index (χ4n) is 8.75. The van der Waals surface area contributed by atoms with E-state index >= 15 is 0 Å². The van der Waals surface area contributed by atoms with Gasteiger partial charge in [0.15, 0.2) is 0 Å². The first-order valence-electron chi connectivity index (χ1n) is 18.0. The molecular weight excluding hydrogens is 627 g/mol. The molecule has 0 atom stereocenters. The Bertz CT molecular complexity index is 2680. The third-order valence-corrected chi connectivity index (χ3v) is 10.9. The number of anilines is 3. The van der Waals surface area contributed by atoms with E-state index in [4.69, 9.17) is 0 Å². The summed E-state index contributed by atoms with van der Waals surface area (Å²) in [7, 11) is 0. The zero-order chi connectivity index (χ0) is 34.5. The summed E-state index contributed by atoms with van der Waals surface area (Å²) in [6.45, 7) is 0. The summed E-state index contributed by atoms with van der Waals surface area (Å²) in [5, 5.41) is 4.91. The van der Waals surface area contributed by atoms with Crippen molar-refractivity contribution in [2.45, 2.75) is 5.41 Å². The Morgan fingerprint density at radius 2 is 0.942 bits per heavy atom. The molecule has 0 aliphatic heterocycles.